The number of carbonyl (C=O) groups is 1. The van der Waals surface area contributed by atoms with E-state index in [-0.39, 0.29) is 19.0 Å². The van der Waals surface area contributed by atoms with Crippen molar-refractivity contribution in [2.75, 3.05) is 33.8 Å². The van der Waals surface area contributed by atoms with Gasteiger partial charge in [0.25, 0.3) is 0 Å². The molecule has 1 heterocycles. The highest BCUT2D eigenvalue weighted by Gasteiger charge is 2.38. The molecule has 0 bridgehead atoms. The van der Waals surface area contributed by atoms with Crippen LogP contribution in [-0.2, 0) is 20.9 Å². The van der Waals surface area contributed by atoms with Gasteiger partial charge in [-0.2, -0.15) is 17.5 Å². The Hall–Kier alpha value is -1.65. The van der Waals surface area contributed by atoms with Gasteiger partial charge in [0.05, 0.1) is 23.1 Å². The van der Waals surface area contributed by atoms with Crippen LogP contribution in [-0.4, -0.2) is 52.5 Å². The molecule has 1 aromatic carbocycles. The number of carbonyl (C=O) groups excluding carboxylic acids is 1. The fraction of sp³-hybridized carbons (Fsp3) is 0.562. The molecule has 0 amide bonds. The number of halogens is 3. The first-order valence-corrected chi connectivity index (χ1v) is 9.49. The minimum atomic E-state index is -4.88. The Morgan fingerprint density at radius 1 is 1.38 bits per heavy atom. The minimum Gasteiger partial charge on any atom is -0.465 e. The SMILES string of the molecule is CNCC1CCCN(S(=O)(=O)c2ccc(C(=O)OC)c(C(F)(F)F)c2)C1. The summed E-state index contributed by atoms with van der Waals surface area (Å²) in [5.41, 5.74) is -2.04. The molecule has 0 aromatic heterocycles. The standard InChI is InChI=1S/C16H21F3N2O4S/c1-20-9-11-4-3-7-21(10-11)26(23,24)12-5-6-13(15(22)25-2)14(8-12)16(17,18)19/h5-6,8,11,20H,3-4,7,9-10H2,1-2H3. The molecular weight excluding hydrogens is 373 g/mol. The molecule has 26 heavy (non-hydrogen) atoms. The van der Waals surface area contributed by atoms with Crippen molar-refractivity contribution < 1.29 is 31.1 Å². The molecule has 1 saturated heterocycles. The lowest BCUT2D eigenvalue weighted by Crippen LogP contribution is -2.42. The van der Waals surface area contributed by atoms with Crippen molar-refractivity contribution in [3.8, 4) is 0 Å². The van der Waals surface area contributed by atoms with E-state index in [1.54, 1.807) is 7.05 Å². The Morgan fingerprint density at radius 2 is 2.08 bits per heavy atom. The molecular formula is C16H21F3N2O4S. The van der Waals surface area contributed by atoms with Crippen molar-refractivity contribution in [3.63, 3.8) is 0 Å². The normalized spacial score (nSPS) is 19.3. The number of nitrogens with one attached hydrogen (secondary N) is 1. The van der Waals surface area contributed by atoms with Gasteiger partial charge in [-0.05, 0) is 50.6 Å². The Balaban J connectivity index is 2.42. The maximum absolute atomic E-state index is 13.3. The quantitative estimate of drug-likeness (QED) is 0.775. The van der Waals surface area contributed by atoms with Crippen molar-refractivity contribution in [2.45, 2.75) is 23.9 Å². The van der Waals surface area contributed by atoms with E-state index in [0.29, 0.717) is 19.0 Å². The lowest BCUT2D eigenvalue weighted by molar-refractivity contribution is -0.138. The van der Waals surface area contributed by atoms with E-state index in [0.717, 1.165) is 25.7 Å². The monoisotopic (exact) mass is 394 g/mol. The number of sulfonamides is 1. The number of methoxy groups -OCH3 is 1. The molecule has 1 atom stereocenters. The first-order chi connectivity index (χ1) is 12.1. The van der Waals surface area contributed by atoms with Crippen LogP contribution in [0.1, 0.15) is 28.8 Å². The first kappa shape index (κ1) is 20.7. The summed E-state index contributed by atoms with van der Waals surface area (Å²) in [7, 11) is -1.37. The molecule has 146 valence electrons. The summed E-state index contributed by atoms with van der Waals surface area (Å²) in [4.78, 5) is 11.1. The number of hydrogen-bond donors (Lipinski definition) is 1. The van der Waals surface area contributed by atoms with E-state index in [9.17, 15) is 26.4 Å². The summed E-state index contributed by atoms with van der Waals surface area (Å²) in [6, 6.07) is 2.36. The van der Waals surface area contributed by atoms with Crippen molar-refractivity contribution in [1.29, 1.82) is 0 Å². The summed E-state index contributed by atoms with van der Waals surface area (Å²) >= 11 is 0. The number of rotatable bonds is 5. The first-order valence-electron chi connectivity index (χ1n) is 8.05. The number of piperidine rings is 1. The van der Waals surface area contributed by atoms with Gasteiger partial charge < -0.3 is 10.1 Å². The zero-order valence-corrected chi connectivity index (χ0v) is 15.3. The number of alkyl halides is 3. The van der Waals surface area contributed by atoms with Crippen LogP contribution in [0.3, 0.4) is 0 Å². The van der Waals surface area contributed by atoms with Crippen LogP contribution in [0.2, 0.25) is 0 Å². The second-order valence-electron chi connectivity index (χ2n) is 6.13. The molecule has 1 aliphatic heterocycles. The van der Waals surface area contributed by atoms with Crippen LogP contribution >= 0.6 is 0 Å². The molecule has 1 fully saturated rings. The van der Waals surface area contributed by atoms with Crippen LogP contribution in [0.4, 0.5) is 13.2 Å². The van der Waals surface area contributed by atoms with E-state index in [1.165, 1.54) is 4.31 Å². The van der Waals surface area contributed by atoms with Gasteiger partial charge in [-0.25, -0.2) is 13.2 Å². The molecule has 10 heteroatoms. The third kappa shape index (κ3) is 4.36. The summed E-state index contributed by atoms with van der Waals surface area (Å²) in [5, 5.41) is 2.98. The molecule has 0 saturated carbocycles. The topological polar surface area (TPSA) is 75.7 Å². The number of benzene rings is 1. The Morgan fingerprint density at radius 3 is 2.65 bits per heavy atom. The number of hydrogen-bond acceptors (Lipinski definition) is 5. The molecule has 0 radical (unpaired) electrons. The van der Waals surface area contributed by atoms with E-state index in [4.69, 9.17) is 0 Å². The third-order valence-electron chi connectivity index (χ3n) is 4.31. The Kier molecular flexibility index (Phi) is 6.30. The van der Waals surface area contributed by atoms with Gasteiger partial charge in [0.15, 0.2) is 0 Å². The zero-order chi connectivity index (χ0) is 19.5. The summed E-state index contributed by atoms with van der Waals surface area (Å²) in [6.45, 7) is 1.12. The second kappa shape index (κ2) is 7.93. The number of nitrogens with zero attached hydrogens (tertiary/aromatic N) is 1. The highest BCUT2D eigenvalue weighted by Crippen LogP contribution is 2.35. The fourth-order valence-corrected chi connectivity index (χ4v) is 4.64. The summed E-state index contributed by atoms with van der Waals surface area (Å²) in [5.74, 6) is -1.08. The van der Waals surface area contributed by atoms with Crippen molar-refractivity contribution in [1.82, 2.24) is 9.62 Å². The molecule has 6 nitrogen and oxygen atoms in total. The van der Waals surface area contributed by atoms with Gasteiger partial charge in [0.1, 0.15) is 0 Å². The van der Waals surface area contributed by atoms with E-state index in [2.05, 4.69) is 10.1 Å². The zero-order valence-electron chi connectivity index (χ0n) is 14.5. The van der Waals surface area contributed by atoms with Gasteiger partial charge >= 0.3 is 12.1 Å². The van der Waals surface area contributed by atoms with Gasteiger partial charge in [-0.15, -0.1) is 0 Å². The number of esters is 1. The van der Waals surface area contributed by atoms with Crippen molar-refractivity contribution in [2.24, 2.45) is 5.92 Å². The van der Waals surface area contributed by atoms with E-state index in [1.807, 2.05) is 0 Å². The summed E-state index contributed by atoms with van der Waals surface area (Å²) in [6.07, 6.45) is -3.40. The van der Waals surface area contributed by atoms with E-state index >= 15 is 0 Å². The lowest BCUT2D eigenvalue weighted by atomic mass is 10.00. The maximum Gasteiger partial charge on any atom is 0.417 e. The molecule has 1 aliphatic rings. The average molecular weight is 394 g/mol. The van der Waals surface area contributed by atoms with Crippen LogP contribution < -0.4 is 5.32 Å². The largest absolute Gasteiger partial charge is 0.465 e. The van der Waals surface area contributed by atoms with Gasteiger partial charge in [-0.3, -0.25) is 0 Å². The van der Waals surface area contributed by atoms with Crippen LogP contribution in [0.15, 0.2) is 23.1 Å². The molecule has 0 spiro atoms. The smallest absolute Gasteiger partial charge is 0.417 e. The molecule has 0 aliphatic carbocycles. The van der Waals surface area contributed by atoms with Crippen molar-refractivity contribution >= 4 is 16.0 Å². The minimum absolute atomic E-state index is 0.0972. The predicted octanol–water partition coefficient (Wildman–Crippen LogP) is 2.11. The van der Waals surface area contributed by atoms with Crippen molar-refractivity contribution in [3.05, 3.63) is 29.3 Å². The maximum atomic E-state index is 13.3. The van der Waals surface area contributed by atoms with Gasteiger partial charge in [0, 0.05) is 13.1 Å². The summed E-state index contributed by atoms with van der Waals surface area (Å²) < 4.78 is 71.0. The van der Waals surface area contributed by atoms with Crippen LogP contribution in [0.25, 0.3) is 0 Å². The predicted molar refractivity (Wildman–Crippen MR) is 88.2 cm³/mol. The molecule has 1 unspecified atom stereocenters. The fourth-order valence-electron chi connectivity index (χ4n) is 3.06. The molecule has 1 aromatic rings. The lowest BCUT2D eigenvalue weighted by Gasteiger charge is -2.32. The second-order valence-corrected chi connectivity index (χ2v) is 8.06. The third-order valence-corrected chi connectivity index (χ3v) is 6.18. The van der Waals surface area contributed by atoms with Gasteiger partial charge in [-0.1, -0.05) is 0 Å². The van der Waals surface area contributed by atoms with Crippen LogP contribution in [0, 0.1) is 5.92 Å². The number of ether oxygens (including phenoxy) is 1. The molecule has 1 N–H and O–H groups in total. The highest BCUT2D eigenvalue weighted by molar-refractivity contribution is 7.89. The highest BCUT2D eigenvalue weighted by atomic mass is 32.2. The average Bonchev–Trinajstić information content (AvgIpc) is 2.60. The Bertz CT molecular complexity index is 763. The van der Waals surface area contributed by atoms with E-state index < -0.39 is 38.2 Å². The Labute approximate surface area is 150 Å². The van der Waals surface area contributed by atoms with Gasteiger partial charge in [0.2, 0.25) is 10.0 Å². The van der Waals surface area contributed by atoms with Crippen LogP contribution in [0.5, 0.6) is 0 Å². The molecule has 2 rings (SSSR count).